The average Bonchev–Trinajstić information content (AvgIpc) is 3.13. The number of rotatable bonds is 14. The van der Waals surface area contributed by atoms with Crippen molar-refractivity contribution < 1.29 is 36.3 Å². The number of methoxy groups -OCH3 is 1. The molecule has 0 spiro atoms. The second kappa shape index (κ2) is 17.1. The number of carbonyl (C=O) groups is 2. The Morgan fingerprint density at radius 2 is 1.76 bits per heavy atom. The van der Waals surface area contributed by atoms with Crippen LogP contribution in [0.2, 0.25) is 0 Å². The summed E-state index contributed by atoms with van der Waals surface area (Å²) < 4.78 is 68.6. The minimum atomic E-state index is -3.21. The Morgan fingerprint density at radius 1 is 1.06 bits per heavy atom. The number of ether oxygens (including phenoxy) is 2. The van der Waals surface area contributed by atoms with Gasteiger partial charge in [-0.15, -0.1) is 0 Å². The lowest BCUT2D eigenvalue weighted by Crippen LogP contribution is -2.44. The Kier molecular flexibility index (Phi) is 13.0. The van der Waals surface area contributed by atoms with Crippen molar-refractivity contribution in [1.29, 1.82) is 0 Å². The predicted molar refractivity (Wildman–Crippen MR) is 203 cm³/mol. The van der Waals surface area contributed by atoms with Crippen molar-refractivity contribution in [2.24, 2.45) is 5.92 Å². The van der Waals surface area contributed by atoms with Crippen molar-refractivity contribution in [3.63, 3.8) is 0 Å². The Balaban J connectivity index is 1.37. The van der Waals surface area contributed by atoms with Crippen LogP contribution >= 0.6 is 0 Å². The zero-order valence-electron chi connectivity index (χ0n) is 31.7. The molecule has 1 N–H and O–H groups in total. The van der Waals surface area contributed by atoms with Gasteiger partial charge >= 0.3 is 6.09 Å². The van der Waals surface area contributed by atoms with Crippen LogP contribution in [0.3, 0.4) is 0 Å². The molecule has 2 aliphatic heterocycles. The minimum Gasteiger partial charge on any atom is -0.444 e. The summed E-state index contributed by atoms with van der Waals surface area (Å²) in [6, 6.07) is 7.49. The summed E-state index contributed by atoms with van der Waals surface area (Å²) in [7, 11) is -1.72. The van der Waals surface area contributed by atoms with E-state index < -0.39 is 45.5 Å². The van der Waals surface area contributed by atoms with Crippen molar-refractivity contribution in [3.05, 3.63) is 58.1 Å². The molecule has 1 aromatic carbocycles. The first-order valence-electron chi connectivity index (χ1n) is 18.6. The number of aryl methyl sites for hydroxylation is 1. The highest BCUT2D eigenvalue weighted by Gasteiger charge is 2.44. The summed E-state index contributed by atoms with van der Waals surface area (Å²) in [6.07, 6.45) is 4.04. The Bertz CT molecular complexity index is 1950. The number of carbonyl (C=O) groups excluding carboxylic acids is 2. The minimum absolute atomic E-state index is 0.0703. The van der Waals surface area contributed by atoms with E-state index in [0.717, 1.165) is 19.1 Å². The van der Waals surface area contributed by atoms with Crippen molar-refractivity contribution in [3.8, 4) is 0 Å². The molecular formula is C38H52F2N6O7S. The van der Waals surface area contributed by atoms with Gasteiger partial charge in [0.25, 0.3) is 11.5 Å². The van der Waals surface area contributed by atoms with Gasteiger partial charge in [-0.2, -0.15) is 0 Å². The highest BCUT2D eigenvalue weighted by molar-refractivity contribution is 7.91. The largest absolute Gasteiger partial charge is 0.444 e. The van der Waals surface area contributed by atoms with Crippen LogP contribution in [0.4, 0.5) is 25.1 Å². The van der Waals surface area contributed by atoms with Gasteiger partial charge in [0, 0.05) is 57.4 Å². The predicted octanol–water partition coefficient (Wildman–Crippen LogP) is 5.71. The molecule has 3 aromatic rings. The second-order valence-electron chi connectivity index (χ2n) is 15.2. The van der Waals surface area contributed by atoms with E-state index in [9.17, 15) is 22.8 Å². The molecule has 0 saturated carbocycles. The Hall–Kier alpha value is -4.18. The van der Waals surface area contributed by atoms with Gasteiger partial charge in [0.1, 0.15) is 41.5 Å². The lowest BCUT2D eigenvalue weighted by atomic mass is 9.85. The van der Waals surface area contributed by atoms with E-state index in [1.807, 2.05) is 6.92 Å². The van der Waals surface area contributed by atoms with E-state index in [-0.39, 0.29) is 61.6 Å². The van der Waals surface area contributed by atoms with Gasteiger partial charge in [-0.05, 0) is 71.1 Å². The monoisotopic (exact) mass is 774 g/mol. The number of benzene rings is 1. The van der Waals surface area contributed by atoms with Crippen molar-refractivity contribution >= 4 is 44.8 Å². The first-order chi connectivity index (χ1) is 25.5. The number of anilines is 2. The summed E-state index contributed by atoms with van der Waals surface area (Å²) in [6.45, 7) is 8.17. The van der Waals surface area contributed by atoms with Gasteiger partial charge in [0.2, 0.25) is 0 Å². The van der Waals surface area contributed by atoms with E-state index in [1.54, 1.807) is 48.4 Å². The van der Waals surface area contributed by atoms with E-state index in [2.05, 4.69) is 15.3 Å². The van der Waals surface area contributed by atoms with E-state index in [0.29, 0.717) is 47.5 Å². The Labute approximate surface area is 315 Å². The first kappa shape index (κ1) is 41.0. The standard InChI is InChI=1S/C38H52F2N6O7S/c1-26(27-10-9-11-29(22-27)38(39,40)28-13-16-45(17-14-28)36(49)53-37(2,3)4)43-33-31-23-32(44-18-20-54(50,51)21-19-44)35(48)46(34(31)42-25-41-33)15-8-6-7-12-30(24-47)52-5/h9-11,22-26,28,30H,6-8,12-21H2,1-5H3,(H,41,42,43)/t26-,30?/m1/s1. The van der Waals surface area contributed by atoms with Gasteiger partial charge in [0.05, 0.1) is 16.9 Å². The number of nitrogens with zero attached hydrogens (tertiary/aromatic N) is 5. The number of aldehydes is 1. The number of nitrogens with one attached hydrogen (secondary N) is 1. The number of amides is 1. The maximum Gasteiger partial charge on any atom is 0.410 e. The molecule has 0 aliphatic carbocycles. The number of alkyl halides is 2. The molecule has 16 heteroatoms. The van der Waals surface area contributed by atoms with Crippen LogP contribution in [-0.2, 0) is 36.6 Å². The number of pyridine rings is 1. The number of piperidine rings is 1. The molecule has 54 heavy (non-hydrogen) atoms. The molecule has 0 bridgehead atoms. The zero-order chi connectivity index (χ0) is 39.3. The van der Waals surface area contributed by atoms with Crippen molar-refractivity contribution in [2.45, 2.75) is 96.4 Å². The third-order valence-electron chi connectivity index (χ3n) is 10.2. The fourth-order valence-electron chi connectivity index (χ4n) is 6.99. The van der Waals surface area contributed by atoms with E-state index in [1.165, 1.54) is 30.5 Å². The Morgan fingerprint density at radius 3 is 2.41 bits per heavy atom. The van der Waals surface area contributed by atoms with Crippen LogP contribution in [0.1, 0.15) is 83.4 Å². The zero-order valence-corrected chi connectivity index (χ0v) is 32.5. The number of aromatic nitrogens is 3. The molecule has 1 amide bonds. The number of sulfone groups is 1. The third-order valence-corrected chi connectivity index (χ3v) is 11.8. The molecule has 2 aliphatic rings. The summed E-state index contributed by atoms with van der Waals surface area (Å²) in [5, 5.41) is 3.89. The van der Waals surface area contributed by atoms with E-state index >= 15 is 8.78 Å². The molecular weight excluding hydrogens is 723 g/mol. The lowest BCUT2D eigenvalue weighted by molar-refractivity contribution is -0.116. The molecule has 2 atom stereocenters. The van der Waals surface area contributed by atoms with Gasteiger partial charge in [0.15, 0.2) is 9.84 Å². The van der Waals surface area contributed by atoms with Crippen LogP contribution in [0.15, 0.2) is 41.5 Å². The molecule has 0 radical (unpaired) electrons. The molecule has 13 nitrogen and oxygen atoms in total. The fraction of sp³-hybridized carbons (Fsp3) is 0.605. The maximum absolute atomic E-state index is 16.0. The fourth-order valence-corrected chi connectivity index (χ4v) is 8.19. The summed E-state index contributed by atoms with van der Waals surface area (Å²) in [5.41, 5.74) is 0.244. The highest BCUT2D eigenvalue weighted by atomic mass is 32.2. The number of hydrogen-bond donors (Lipinski definition) is 1. The highest BCUT2D eigenvalue weighted by Crippen LogP contribution is 2.42. The van der Waals surface area contributed by atoms with Crippen LogP contribution in [0, 0.1) is 5.92 Å². The SMILES string of the molecule is COC(C=O)CCCCCn1c(=O)c(N2CCS(=O)(=O)CC2)cc2c(N[C@H](C)c3cccc(C(F)(F)C4CCN(C(=O)OC(C)(C)C)CC4)c3)ncnc21. The molecule has 4 heterocycles. The number of fused-ring (bicyclic) bond motifs is 1. The van der Waals surface area contributed by atoms with Gasteiger partial charge in [-0.25, -0.2) is 32.0 Å². The number of hydrogen-bond acceptors (Lipinski definition) is 11. The summed E-state index contributed by atoms with van der Waals surface area (Å²) >= 11 is 0. The van der Waals surface area contributed by atoms with Gasteiger partial charge in [-0.1, -0.05) is 31.0 Å². The van der Waals surface area contributed by atoms with Crippen LogP contribution in [-0.4, -0.2) is 96.7 Å². The summed E-state index contributed by atoms with van der Waals surface area (Å²) in [5.74, 6) is -3.83. The molecule has 2 fully saturated rings. The van der Waals surface area contributed by atoms with Gasteiger partial charge in [-0.3, -0.25) is 9.36 Å². The smallest absolute Gasteiger partial charge is 0.410 e. The molecule has 1 unspecified atom stereocenters. The number of likely N-dealkylation sites (tertiary alicyclic amines) is 1. The maximum atomic E-state index is 16.0. The van der Waals surface area contributed by atoms with Crippen molar-refractivity contribution in [1.82, 2.24) is 19.4 Å². The lowest BCUT2D eigenvalue weighted by Gasteiger charge is -2.36. The topological polar surface area (TPSA) is 153 Å². The van der Waals surface area contributed by atoms with Crippen LogP contribution in [0.5, 0.6) is 0 Å². The van der Waals surface area contributed by atoms with E-state index in [4.69, 9.17) is 9.47 Å². The first-order valence-corrected chi connectivity index (χ1v) is 20.4. The van der Waals surface area contributed by atoms with Gasteiger partial charge < -0.3 is 29.4 Å². The van der Waals surface area contributed by atoms with Crippen LogP contribution < -0.4 is 15.8 Å². The third kappa shape index (κ3) is 9.92. The van der Waals surface area contributed by atoms with Crippen LogP contribution in [0.25, 0.3) is 11.0 Å². The number of halogens is 2. The normalized spacial score (nSPS) is 18.0. The molecule has 2 saturated heterocycles. The average molecular weight is 775 g/mol. The summed E-state index contributed by atoms with van der Waals surface area (Å²) in [4.78, 5) is 49.8. The second-order valence-corrected chi connectivity index (χ2v) is 17.5. The van der Waals surface area contributed by atoms with Crippen molar-refractivity contribution in [2.75, 3.05) is 55.0 Å². The molecule has 5 rings (SSSR count). The number of unbranched alkanes of at least 4 members (excludes halogenated alkanes) is 2. The molecule has 296 valence electrons. The molecule has 2 aromatic heterocycles. The quantitative estimate of drug-likeness (QED) is 0.158.